The van der Waals surface area contributed by atoms with E-state index in [0.717, 1.165) is 32.1 Å². The van der Waals surface area contributed by atoms with Crippen LogP contribution in [0.15, 0.2) is 0 Å². The summed E-state index contributed by atoms with van der Waals surface area (Å²) in [6, 6.07) is 0. The van der Waals surface area contributed by atoms with Gasteiger partial charge in [0.05, 0.1) is 0 Å². The van der Waals surface area contributed by atoms with Gasteiger partial charge in [0.2, 0.25) is 5.91 Å². The first-order chi connectivity index (χ1) is 8.86. The Labute approximate surface area is 111 Å². The topological polar surface area (TPSA) is 32.3 Å². The zero-order valence-electron chi connectivity index (χ0n) is 11.6. The summed E-state index contributed by atoms with van der Waals surface area (Å²) in [4.78, 5) is 13.9. The molecule has 0 spiro atoms. The number of carbonyl (C=O) groups is 1. The minimum Gasteiger partial charge on any atom is -0.343 e. The number of likely N-dealkylation sites (tertiary alicyclic amines) is 1. The molecule has 0 unspecified atom stereocenters. The van der Waals surface area contributed by atoms with E-state index in [9.17, 15) is 4.79 Å². The standard InChI is InChI=1S/C15H28N2O/c18-15(17-11-5-6-12-17)9-10-16-13-14-7-3-1-2-4-8-14/h14,16H,1-13H2. The van der Waals surface area contributed by atoms with Crippen LogP contribution < -0.4 is 5.32 Å². The molecule has 0 aromatic carbocycles. The Morgan fingerprint density at radius 1 is 1.00 bits per heavy atom. The van der Waals surface area contributed by atoms with Gasteiger partial charge in [-0.25, -0.2) is 0 Å². The highest BCUT2D eigenvalue weighted by Gasteiger charge is 2.17. The third kappa shape index (κ3) is 4.60. The molecule has 2 fully saturated rings. The molecule has 0 atom stereocenters. The van der Waals surface area contributed by atoms with Crippen LogP contribution in [0, 0.1) is 5.92 Å². The Balaban J connectivity index is 1.53. The highest BCUT2D eigenvalue weighted by molar-refractivity contribution is 5.76. The van der Waals surface area contributed by atoms with Crippen LogP contribution in [0.5, 0.6) is 0 Å². The van der Waals surface area contributed by atoms with E-state index in [1.165, 1.54) is 51.4 Å². The summed E-state index contributed by atoms with van der Waals surface area (Å²) in [6.07, 6.45) is 11.5. The normalized spacial score (nSPS) is 22.1. The molecule has 1 amide bonds. The summed E-state index contributed by atoms with van der Waals surface area (Å²) >= 11 is 0. The first-order valence-electron chi connectivity index (χ1n) is 7.85. The van der Waals surface area contributed by atoms with Crippen LogP contribution in [-0.2, 0) is 4.79 Å². The van der Waals surface area contributed by atoms with Gasteiger partial charge in [0, 0.05) is 26.1 Å². The van der Waals surface area contributed by atoms with Crippen LogP contribution in [0.1, 0.15) is 57.8 Å². The molecule has 1 N–H and O–H groups in total. The fraction of sp³-hybridized carbons (Fsp3) is 0.933. The van der Waals surface area contributed by atoms with Gasteiger partial charge in [0.1, 0.15) is 0 Å². The molecule has 3 nitrogen and oxygen atoms in total. The first-order valence-corrected chi connectivity index (χ1v) is 7.85. The highest BCUT2D eigenvalue weighted by atomic mass is 16.2. The molecule has 1 aliphatic carbocycles. The molecule has 1 heterocycles. The number of nitrogens with one attached hydrogen (secondary N) is 1. The molecule has 18 heavy (non-hydrogen) atoms. The smallest absolute Gasteiger partial charge is 0.223 e. The maximum Gasteiger partial charge on any atom is 0.223 e. The van der Waals surface area contributed by atoms with Crippen molar-refractivity contribution in [3.05, 3.63) is 0 Å². The third-order valence-electron chi connectivity index (χ3n) is 4.38. The lowest BCUT2D eigenvalue weighted by molar-refractivity contribution is -0.130. The summed E-state index contributed by atoms with van der Waals surface area (Å²) in [7, 11) is 0. The Bertz CT molecular complexity index is 241. The molecule has 1 saturated heterocycles. The van der Waals surface area contributed by atoms with Crippen LogP contribution in [0.4, 0.5) is 0 Å². The molecule has 3 heteroatoms. The number of carbonyl (C=O) groups excluding carboxylic acids is 1. The maximum atomic E-state index is 11.8. The average molecular weight is 252 g/mol. The van der Waals surface area contributed by atoms with E-state index < -0.39 is 0 Å². The summed E-state index contributed by atoms with van der Waals surface area (Å²) in [5.74, 6) is 1.20. The van der Waals surface area contributed by atoms with Crippen LogP contribution in [0.25, 0.3) is 0 Å². The Morgan fingerprint density at radius 2 is 1.67 bits per heavy atom. The SMILES string of the molecule is O=C(CCNCC1CCCCCC1)N1CCCC1. The quantitative estimate of drug-likeness (QED) is 0.602. The lowest BCUT2D eigenvalue weighted by atomic mass is 10.0. The second-order valence-electron chi connectivity index (χ2n) is 5.90. The van der Waals surface area contributed by atoms with Gasteiger partial charge in [-0.2, -0.15) is 0 Å². The predicted octanol–water partition coefficient (Wildman–Crippen LogP) is 2.56. The molecule has 2 rings (SSSR count). The molecule has 104 valence electrons. The van der Waals surface area contributed by atoms with Crippen molar-refractivity contribution in [3.8, 4) is 0 Å². The second kappa shape index (κ2) is 7.78. The van der Waals surface area contributed by atoms with E-state index in [0.29, 0.717) is 12.3 Å². The fourth-order valence-corrected chi connectivity index (χ4v) is 3.19. The maximum absolute atomic E-state index is 11.8. The molecule has 0 bridgehead atoms. The van der Waals surface area contributed by atoms with Gasteiger partial charge in [0.25, 0.3) is 0 Å². The van der Waals surface area contributed by atoms with E-state index in [4.69, 9.17) is 0 Å². The van der Waals surface area contributed by atoms with Gasteiger partial charge in [-0.15, -0.1) is 0 Å². The summed E-state index contributed by atoms with van der Waals surface area (Å²) in [6.45, 7) is 3.96. The lowest BCUT2D eigenvalue weighted by Gasteiger charge is -2.17. The molecule has 1 aliphatic heterocycles. The summed E-state index contributed by atoms with van der Waals surface area (Å²) < 4.78 is 0. The van der Waals surface area contributed by atoms with Crippen molar-refractivity contribution in [2.75, 3.05) is 26.2 Å². The van der Waals surface area contributed by atoms with Crippen LogP contribution >= 0.6 is 0 Å². The number of rotatable bonds is 5. The minimum atomic E-state index is 0.348. The van der Waals surface area contributed by atoms with E-state index >= 15 is 0 Å². The third-order valence-corrected chi connectivity index (χ3v) is 4.38. The number of hydrogen-bond donors (Lipinski definition) is 1. The van der Waals surface area contributed by atoms with Crippen molar-refractivity contribution >= 4 is 5.91 Å². The van der Waals surface area contributed by atoms with Gasteiger partial charge >= 0.3 is 0 Å². The van der Waals surface area contributed by atoms with E-state index in [1.807, 2.05) is 4.90 Å². The van der Waals surface area contributed by atoms with Crippen molar-refractivity contribution in [2.45, 2.75) is 57.8 Å². The van der Waals surface area contributed by atoms with Crippen molar-refractivity contribution in [1.29, 1.82) is 0 Å². The summed E-state index contributed by atoms with van der Waals surface area (Å²) in [5, 5.41) is 3.49. The molecular weight excluding hydrogens is 224 g/mol. The van der Waals surface area contributed by atoms with Crippen molar-refractivity contribution in [2.24, 2.45) is 5.92 Å². The monoisotopic (exact) mass is 252 g/mol. The van der Waals surface area contributed by atoms with Crippen molar-refractivity contribution < 1.29 is 4.79 Å². The Hall–Kier alpha value is -0.570. The van der Waals surface area contributed by atoms with Crippen molar-refractivity contribution in [1.82, 2.24) is 10.2 Å². The molecule has 0 aromatic heterocycles. The molecule has 1 saturated carbocycles. The Morgan fingerprint density at radius 3 is 2.33 bits per heavy atom. The number of amides is 1. The number of nitrogens with zero attached hydrogens (tertiary/aromatic N) is 1. The van der Waals surface area contributed by atoms with Gasteiger partial charge < -0.3 is 10.2 Å². The van der Waals surface area contributed by atoms with E-state index in [2.05, 4.69) is 5.32 Å². The zero-order valence-corrected chi connectivity index (χ0v) is 11.6. The van der Waals surface area contributed by atoms with Gasteiger partial charge in [-0.3, -0.25) is 4.79 Å². The summed E-state index contributed by atoms with van der Waals surface area (Å²) in [5.41, 5.74) is 0. The zero-order chi connectivity index (χ0) is 12.6. The minimum absolute atomic E-state index is 0.348. The highest BCUT2D eigenvalue weighted by Crippen LogP contribution is 2.21. The van der Waals surface area contributed by atoms with Crippen LogP contribution in [0.2, 0.25) is 0 Å². The second-order valence-corrected chi connectivity index (χ2v) is 5.90. The molecule has 2 aliphatic rings. The van der Waals surface area contributed by atoms with Gasteiger partial charge in [0.15, 0.2) is 0 Å². The van der Waals surface area contributed by atoms with E-state index in [-0.39, 0.29) is 0 Å². The Kier molecular flexibility index (Phi) is 5.98. The molecular formula is C15H28N2O. The largest absolute Gasteiger partial charge is 0.343 e. The van der Waals surface area contributed by atoms with Gasteiger partial charge in [-0.1, -0.05) is 25.7 Å². The first kappa shape index (κ1) is 13.9. The lowest BCUT2D eigenvalue weighted by Crippen LogP contribution is -2.32. The molecule has 0 aromatic rings. The van der Waals surface area contributed by atoms with Crippen LogP contribution in [0.3, 0.4) is 0 Å². The van der Waals surface area contributed by atoms with Gasteiger partial charge in [-0.05, 0) is 38.1 Å². The molecule has 0 radical (unpaired) electrons. The fourth-order valence-electron chi connectivity index (χ4n) is 3.19. The predicted molar refractivity (Wildman–Crippen MR) is 74.5 cm³/mol. The average Bonchev–Trinajstić information content (AvgIpc) is 2.80. The van der Waals surface area contributed by atoms with E-state index in [1.54, 1.807) is 0 Å². The number of hydrogen-bond acceptors (Lipinski definition) is 2. The van der Waals surface area contributed by atoms with Crippen LogP contribution in [-0.4, -0.2) is 37.0 Å². The van der Waals surface area contributed by atoms with Crippen molar-refractivity contribution in [3.63, 3.8) is 0 Å².